The van der Waals surface area contributed by atoms with E-state index in [0.717, 1.165) is 24.0 Å². The summed E-state index contributed by atoms with van der Waals surface area (Å²) in [6.07, 6.45) is 15.7. The van der Waals surface area contributed by atoms with Gasteiger partial charge in [-0.05, 0) is 42.0 Å². The highest BCUT2D eigenvalue weighted by Crippen LogP contribution is 2.36. The van der Waals surface area contributed by atoms with Crippen LogP contribution in [0.2, 0.25) is 0 Å². The van der Waals surface area contributed by atoms with Crippen LogP contribution in [0, 0.1) is 0 Å². The fourth-order valence-electron chi connectivity index (χ4n) is 4.01. The molecule has 0 aliphatic carbocycles. The van der Waals surface area contributed by atoms with E-state index >= 15 is 0 Å². The molecule has 1 heteroatoms. The summed E-state index contributed by atoms with van der Waals surface area (Å²) >= 11 is 0. The van der Waals surface area contributed by atoms with Gasteiger partial charge < -0.3 is 5.11 Å². The summed E-state index contributed by atoms with van der Waals surface area (Å²) in [4.78, 5) is 0. The quantitative estimate of drug-likeness (QED) is 0.355. The lowest BCUT2D eigenvalue weighted by atomic mass is 9.90. The molecule has 148 valence electrons. The van der Waals surface area contributed by atoms with Crippen molar-refractivity contribution >= 4 is 0 Å². The van der Waals surface area contributed by atoms with Crippen molar-refractivity contribution in [2.24, 2.45) is 0 Å². The zero-order valence-electron chi connectivity index (χ0n) is 17.5. The summed E-state index contributed by atoms with van der Waals surface area (Å²) in [6, 6.07) is 14.3. The smallest absolute Gasteiger partial charge is 0.123 e. The van der Waals surface area contributed by atoms with Crippen LogP contribution < -0.4 is 0 Å². The molecular weight excluding hydrogens is 328 g/mol. The molecule has 0 saturated carbocycles. The molecule has 0 unspecified atom stereocenters. The molecule has 2 aromatic rings. The van der Waals surface area contributed by atoms with Gasteiger partial charge in [-0.15, -0.1) is 0 Å². The summed E-state index contributed by atoms with van der Waals surface area (Å²) in [6.45, 7) is 4.49. The van der Waals surface area contributed by atoms with Crippen LogP contribution in [0.25, 0.3) is 11.1 Å². The van der Waals surface area contributed by atoms with E-state index in [1.807, 2.05) is 12.1 Å². The van der Waals surface area contributed by atoms with Crippen LogP contribution >= 0.6 is 0 Å². The van der Waals surface area contributed by atoms with Gasteiger partial charge in [-0.2, -0.15) is 0 Å². The van der Waals surface area contributed by atoms with Crippen molar-refractivity contribution in [3.8, 4) is 16.9 Å². The maximum Gasteiger partial charge on any atom is 0.123 e. The Hall–Kier alpha value is -1.76. The third kappa shape index (κ3) is 7.05. The normalized spacial score (nSPS) is 11.0. The maximum atomic E-state index is 10.5. The van der Waals surface area contributed by atoms with Crippen molar-refractivity contribution in [3.63, 3.8) is 0 Å². The molecule has 0 amide bonds. The second-order valence-corrected chi connectivity index (χ2v) is 7.75. The molecule has 0 atom stereocenters. The molecule has 0 saturated heterocycles. The van der Waals surface area contributed by atoms with E-state index in [1.165, 1.54) is 75.3 Å². The molecule has 0 radical (unpaired) electrons. The highest BCUT2D eigenvalue weighted by atomic mass is 16.3. The van der Waals surface area contributed by atoms with Gasteiger partial charge in [0.05, 0.1) is 0 Å². The maximum absolute atomic E-state index is 10.5. The van der Waals surface area contributed by atoms with Gasteiger partial charge in [0.1, 0.15) is 5.75 Å². The molecule has 1 nitrogen and oxygen atoms in total. The van der Waals surface area contributed by atoms with Gasteiger partial charge in [-0.25, -0.2) is 0 Å². The number of aryl methyl sites for hydroxylation is 1. The fraction of sp³-hybridized carbons (Fsp3) is 0.538. The van der Waals surface area contributed by atoms with E-state index in [2.05, 4.69) is 44.2 Å². The predicted molar refractivity (Wildman–Crippen MR) is 118 cm³/mol. The van der Waals surface area contributed by atoms with Crippen LogP contribution in [0.1, 0.15) is 89.2 Å². The van der Waals surface area contributed by atoms with Crippen LogP contribution in [0.3, 0.4) is 0 Å². The number of hydrogen-bond donors (Lipinski definition) is 1. The van der Waals surface area contributed by atoms with Crippen molar-refractivity contribution < 1.29 is 5.11 Å². The first-order valence-corrected chi connectivity index (χ1v) is 11.2. The molecule has 0 aliphatic heterocycles. The minimum Gasteiger partial charge on any atom is -0.507 e. The standard InChI is InChI=1S/C26H38O/c1-3-5-6-7-8-9-10-11-12-16-19-24-22(4-2)20-21-25(27)26(24)23-17-14-13-15-18-23/h13-15,17-18,20-21,27H,3-12,16,19H2,1-2H3. The Morgan fingerprint density at radius 1 is 0.667 bits per heavy atom. The van der Waals surface area contributed by atoms with Crippen LogP contribution in [0.15, 0.2) is 42.5 Å². The van der Waals surface area contributed by atoms with E-state index in [-0.39, 0.29) is 0 Å². The summed E-state index contributed by atoms with van der Waals surface area (Å²) < 4.78 is 0. The Balaban J connectivity index is 1.86. The molecule has 0 bridgehead atoms. The molecule has 0 aliphatic rings. The van der Waals surface area contributed by atoms with Crippen molar-refractivity contribution in [3.05, 3.63) is 53.6 Å². The Kier molecular flexibility index (Phi) is 10.0. The molecule has 0 fully saturated rings. The Labute approximate surface area is 166 Å². The summed E-state index contributed by atoms with van der Waals surface area (Å²) in [5, 5.41) is 10.5. The summed E-state index contributed by atoms with van der Waals surface area (Å²) in [7, 11) is 0. The predicted octanol–water partition coefficient (Wildman–Crippen LogP) is 8.09. The molecule has 0 aromatic heterocycles. The summed E-state index contributed by atoms with van der Waals surface area (Å²) in [5.74, 6) is 0.417. The molecule has 2 aromatic carbocycles. The first kappa shape index (κ1) is 21.5. The van der Waals surface area contributed by atoms with Crippen molar-refractivity contribution in [1.82, 2.24) is 0 Å². The van der Waals surface area contributed by atoms with E-state index < -0.39 is 0 Å². The second-order valence-electron chi connectivity index (χ2n) is 7.75. The van der Waals surface area contributed by atoms with Crippen LogP contribution in [0.4, 0.5) is 0 Å². The third-order valence-corrected chi connectivity index (χ3v) is 5.61. The van der Waals surface area contributed by atoms with Crippen LogP contribution in [0.5, 0.6) is 5.75 Å². The monoisotopic (exact) mass is 366 g/mol. The minimum absolute atomic E-state index is 0.417. The number of phenolic OH excluding ortho intramolecular Hbond substituents is 1. The number of unbranched alkanes of at least 4 members (excludes halogenated alkanes) is 9. The van der Waals surface area contributed by atoms with Crippen LogP contribution in [-0.2, 0) is 12.8 Å². The first-order valence-electron chi connectivity index (χ1n) is 11.2. The molecule has 1 N–H and O–H groups in total. The van der Waals surface area contributed by atoms with E-state index in [1.54, 1.807) is 0 Å². The van der Waals surface area contributed by atoms with Gasteiger partial charge in [0.15, 0.2) is 0 Å². The van der Waals surface area contributed by atoms with E-state index in [4.69, 9.17) is 0 Å². The molecule has 27 heavy (non-hydrogen) atoms. The number of phenols is 1. The van der Waals surface area contributed by atoms with Crippen molar-refractivity contribution in [2.45, 2.75) is 90.9 Å². The lowest BCUT2D eigenvalue weighted by molar-refractivity contribution is 0.476. The Morgan fingerprint density at radius 2 is 1.26 bits per heavy atom. The van der Waals surface area contributed by atoms with E-state index in [9.17, 15) is 5.11 Å². The topological polar surface area (TPSA) is 20.2 Å². The van der Waals surface area contributed by atoms with Gasteiger partial charge in [-0.3, -0.25) is 0 Å². The van der Waals surface area contributed by atoms with Gasteiger partial charge in [-0.1, -0.05) is 108 Å². The van der Waals surface area contributed by atoms with Crippen molar-refractivity contribution in [1.29, 1.82) is 0 Å². The second kappa shape index (κ2) is 12.6. The SMILES string of the molecule is CCCCCCCCCCCCc1c(CC)ccc(O)c1-c1ccccc1. The summed E-state index contributed by atoms with van der Waals surface area (Å²) in [5.41, 5.74) is 4.91. The number of rotatable bonds is 13. The highest BCUT2D eigenvalue weighted by molar-refractivity contribution is 5.75. The zero-order chi connectivity index (χ0) is 19.3. The zero-order valence-corrected chi connectivity index (χ0v) is 17.5. The van der Waals surface area contributed by atoms with Crippen molar-refractivity contribution in [2.75, 3.05) is 0 Å². The largest absolute Gasteiger partial charge is 0.507 e. The first-order chi connectivity index (χ1) is 13.3. The number of hydrogen-bond acceptors (Lipinski definition) is 1. The third-order valence-electron chi connectivity index (χ3n) is 5.61. The Bertz CT molecular complexity index is 645. The minimum atomic E-state index is 0.417. The molecule has 0 spiro atoms. The van der Waals surface area contributed by atoms with Gasteiger partial charge in [0.2, 0.25) is 0 Å². The van der Waals surface area contributed by atoms with Gasteiger partial charge >= 0.3 is 0 Å². The molecular formula is C26H38O. The van der Waals surface area contributed by atoms with Gasteiger partial charge in [0, 0.05) is 5.56 Å². The number of benzene rings is 2. The number of aromatic hydroxyl groups is 1. The molecule has 2 rings (SSSR count). The molecule has 0 heterocycles. The van der Waals surface area contributed by atoms with Gasteiger partial charge in [0.25, 0.3) is 0 Å². The lowest BCUT2D eigenvalue weighted by Gasteiger charge is -2.16. The average molecular weight is 367 g/mol. The average Bonchev–Trinajstić information content (AvgIpc) is 2.70. The highest BCUT2D eigenvalue weighted by Gasteiger charge is 2.13. The van der Waals surface area contributed by atoms with Crippen LogP contribution in [-0.4, -0.2) is 5.11 Å². The Morgan fingerprint density at radius 3 is 1.85 bits per heavy atom. The lowest BCUT2D eigenvalue weighted by Crippen LogP contribution is -1.98. The fourth-order valence-corrected chi connectivity index (χ4v) is 4.01. The van der Waals surface area contributed by atoms with E-state index in [0.29, 0.717) is 5.75 Å².